The van der Waals surface area contributed by atoms with E-state index in [0.29, 0.717) is 18.3 Å². The van der Waals surface area contributed by atoms with Crippen LogP contribution in [0.5, 0.6) is 0 Å². The highest BCUT2D eigenvalue weighted by Crippen LogP contribution is 2.23. The van der Waals surface area contributed by atoms with E-state index >= 15 is 0 Å². The zero-order valence-corrected chi connectivity index (χ0v) is 13.0. The van der Waals surface area contributed by atoms with E-state index in [-0.39, 0.29) is 6.10 Å². The molecule has 0 spiro atoms. The van der Waals surface area contributed by atoms with Crippen molar-refractivity contribution < 1.29 is 9.26 Å². The van der Waals surface area contributed by atoms with Crippen LogP contribution in [0.3, 0.4) is 0 Å². The first-order valence-electron chi connectivity index (χ1n) is 6.85. The molecule has 1 unspecified atom stereocenters. The molecule has 7 nitrogen and oxygen atoms in total. The fourth-order valence-corrected chi connectivity index (χ4v) is 1.74. The second-order valence-electron chi connectivity index (χ2n) is 5.69. The molecule has 0 radical (unpaired) electrons. The molecule has 0 bridgehead atoms. The molecule has 21 heavy (non-hydrogen) atoms. The normalized spacial score (nSPS) is 14.4. The first-order valence-corrected chi connectivity index (χ1v) is 6.85. The molecule has 0 aliphatic rings. The highest BCUT2D eigenvalue weighted by molar-refractivity contribution is 5.55. The molecule has 7 heteroatoms. The molecular weight excluding hydrogens is 270 g/mol. The minimum atomic E-state index is -0.810. The lowest BCUT2D eigenvalue weighted by molar-refractivity contribution is 0.0410. The van der Waals surface area contributed by atoms with Crippen LogP contribution in [0.1, 0.15) is 38.0 Å². The molecule has 114 valence electrons. The van der Waals surface area contributed by atoms with E-state index in [1.165, 1.54) is 0 Å². The average Bonchev–Trinajstić information content (AvgIpc) is 2.90. The van der Waals surface area contributed by atoms with Crippen LogP contribution >= 0.6 is 0 Å². The van der Waals surface area contributed by atoms with E-state index in [2.05, 4.69) is 20.3 Å². The molecule has 0 aliphatic heterocycles. The number of hydrogen-bond donors (Lipinski definition) is 1. The predicted molar refractivity (Wildman–Crippen MR) is 77.4 cm³/mol. The Morgan fingerprint density at radius 3 is 2.71 bits per heavy atom. The number of nitrogens with zero attached hydrogens (tertiary/aromatic N) is 4. The lowest BCUT2D eigenvalue weighted by Crippen LogP contribution is -2.40. The lowest BCUT2D eigenvalue weighted by Gasteiger charge is -2.21. The van der Waals surface area contributed by atoms with Crippen molar-refractivity contribution in [2.75, 3.05) is 6.61 Å². The van der Waals surface area contributed by atoms with Crippen LogP contribution in [0.25, 0.3) is 11.5 Å². The molecule has 0 amide bonds. The second-order valence-corrected chi connectivity index (χ2v) is 5.69. The van der Waals surface area contributed by atoms with E-state index in [0.717, 1.165) is 17.0 Å². The lowest BCUT2D eigenvalue weighted by atomic mass is 10.1. The summed E-state index contributed by atoms with van der Waals surface area (Å²) in [5.74, 6) is 0.800. The van der Waals surface area contributed by atoms with Gasteiger partial charge >= 0.3 is 0 Å². The third kappa shape index (κ3) is 3.62. The Bertz CT molecular complexity index is 622. The SMILES string of the molecule is Cc1cc(-c2nc(C(C)(N)COC(C)C)no2)c(C)nn1. The van der Waals surface area contributed by atoms with Crippen molar-refractivity contribution in [1.82, 2.24) is 20.3 Å². The summed E-state index contributed by atoms with van der Waals surface area (Å²) in [6, 6.07) is 1.86. The molecule has 2 heterocycles. The fourth-order valence-electron chi connectivity index (χ4n) is 1.74. The van der Waals surface area contributed by atoms with Gasteiger partial charge in [0.2, 0.25) is 0 Å². The summed E-state index contributed by atoms with van der Waals surface area (Å²) >= 11 is 0. The maximum absolute atomic E-state index is 6.21. The van der Waals surface area contributed by atoms with Crippen molar-refractivity contribution in [1.29, 1.82) is 0 Å². The molecule has 0 saturated carbocycles. The van der Waals surface area contributed by atoms with Gasteiger partial charge in [-0.2, -0.15) is 15.2 Å². The fraction of sp³-hybridized carbons (Fsp3) is 0.571. The van der Waals surface area contributed by atoms with E-state index in [9.17, 15) is 0 Å². The van der Waals surface area contributed by atoms with Crippen LogP contribution in [0.2, 0.25) is 0 Å². The Balaban J connectivity index is 2.27. The smallest absolute Gasteiger partial charge is 0.259 e. The number of nitrogens with two attached hydrogens (primary N) is 1. The number of ether oxygens (including phenoxy) is 1. The van der Waals surface area contributed by atoms with E-state index in [1.807, 2.05) is 40.7 Å². The minimum Gasteiger partial charge on any atom is -0.376 e. The highest BCUT2D eigenvalue weighted by Gasteiger charge is 2.29. The Hall–Kier alpha value is -1.86. The largest absolute Gasteiger partial charge is 0.376 e. The van der Waals surface area contributed by atoms with Gasteiger partial charge in [0, 0.05) is 0 Å². The molecule has 0 saturated heterocycles. The van der Waals surface area contributed by atoms with E-state index in [1.54, 1.807) is 0 Å². The van der Waals surface area contributed by atoms with Crippen molar-refractivity contribution in [3.8, 4) is 11.5 Å². The first-order chi connectivity index (χ1) is 9.79. The monoisotopic (exact) mass is 291 g/mol. The van der Waals surface area contributed by atoms with Gasteiger partial charge in [-0.1, -0.05) is 5.16 Å². The van der Waals surface area contributed by atoms with Gasteiger partial charge in [0.25, 0.3) is 5.89 Å². The van der Waals surface area contributed by atoms with Crippen LogP contribution in [-0.2, 0) is 10.3 Å². The Morgan fingerprint density at radius 2 is 2.05 bits per heavy atom. The summed E-state index contributed by atoms with van der Waals surface area (Å²) in [7, 11) is 0. The number of aromatic nitrogens is 4. The van der Waals surface area contributed by atoms with Crippen LogP contribution in [0.4, 0.5) is 0 Å². The summed E-state index contributed by atoms with van der Waals surface area (Å²) in [6.07, 6.45) is 0.0912. The van der Waals surface area contributed by atoms with Gasteiger partial charge in [0.1, 0.15) is 5.54 Å². The standard InChI is InChI=1S/C14H21N5O2/c1-8(2)20-7-14(5,15)13-16-12(21-19-13)11-6-9(3)17-18-10(11)4/h6,8H,7,15H2,1-5H3. The van der Waals surface area contributed by atoms with Crippen molar-refractivity contribution in [2.24, 2.45) is 5.73 Å². The third-order valence-electron chi connectivity index (χ3n) is 2.98. The van der Waals surface area contributed by atoms with Gasteiger partial charge in [-0.15, -0.1) is 0 Å². The summed E-state index contributed by atoms with van der Waals surface area (Å²) in [5.41, 5.74) is 7.68. The molecule has 2 aromatic rings. The quantitative estimate of drug-likeness (QED) is 0.895. The van der Waals surface area contributed by atoms with Gasteiger partial charge < -0.3 is 15.0 Å². The molecule has 0 aliphatic carbocycles. The molecular formula is C14H21N5O2. The van der Waals surface area contributed by atoms with E-state index < -0.39 is 5.54 Å². The number of rotatable bonds is 5. The van der Waals surface area contributed by atoms with Gasteiger partial charge in [-0.05, 0) is 40.7 Å². The highest BCUT2D eigenvalue weighted by atomic mass is 16.5. The molecule has 2 aromatic heterocycles. The second kappa shape index (κ2) is 5.87. The van der Waals surface area contributed by atoms with Crippen LogP contribution in [-0.4, -0.2) is 33.0 Å². The molecule has 2 N–H and O–H groups in total. The van der Waals surface area contributed by atoms with E-state index in [4.69, 9.17) is 15.0 Å². The maximum atomic E-state index is 6.21. The van der Waals surface area contributed by atoms with Gasteiger partial charge in [0.05, 0.1) is 29.7 Å². The third-order valence-corrected chi connectivity index (χ3v) is 2.98. The molecule has 2 rings (SSSR count). The zero-order chi connectivity index (χ0) is 15.6. The Labute approximate surface area is 123 Å². The summed E-state index contributed by atoms with van der Waals surface area (Å²) in [5, 5.41) is 12.0. The zero-order valence-electron chi connectivity index (χ0n) is 13.0. The van der Waals surface area contributed by atoms with Crippen LogP contribution in [0, 0.1) is 13.8 Å². The van der Waals surface area contributed by atoms with Crippen molar-refractivity contribution in [2.45, 2.75) is 46.3 Å². The Kier molecular flexibility index (Phi) is 4.34. The van der Waals surface area contributed by atoms with Crippen molar-refractivity contribution in [3.63, 3.8) is 0 Å². The molecule has 0 aromatic carbocycles. The number of aryl methyl sites for hydroxylation is 2. The maximum Gasteiger partial charge on any atom is 0.259 e. The predicted octanol–water partition coefficient (Wildman–Crippen LogP) is 1.74. The van der Waals surface area contributed by atoms with Crippen molar-refractivity contribution in [3.05, 3.63) is 23.3 Å². The first kappa shape index (κ1) is 15.5. The average molecular weight is 291 g/mol. The summed E-state index contributed by atoms with van der Waals surface area (Å²) < 4.78 is 10.9. The van der Waals surface area contributed by atoms with Crippen LogP contribution in [0.15, 0.2) is 10.6 Å². The summed E-state index contributed by atoms with van der Waals surface area (Å²) in [4.78, 5) is 4.38. The minimum absolute atomic E-state index is 0.0912. The van der Waals surface area contributed by atoms with Gasteiger partial charge in [-0.25, -0.2) is 0 Å². The van der Waals surface area contributed by atoms with Gasteiger partial charge in [0.15, 0.2) is 5.82 Å². The molecule has 1 atom stereocenters. The summed E-state index contributed by atoms with van der Waals surface area (Å²) in [6.45, 7) is 9.73. The number of hydrogen-bond acceptors (Lipinski definition) is 7. The molecule has 0 fully saturated rings. The Morgan fingerprint density at radius 1 is 1.33 bits per heavy atom. The van der Waals surface area contributed by atoms with Gasteiger partial charge in [-0.3, -0.25) is 0 Å². The van der Waals surface area contributed by atoms with Crippen molar-refractivity contribution >= 4 is 0 Å². The van der Waals surface area contributed by atoms with Crippen LogP contribution < -0.4 is 5.73 Å². The topological polar surface area (TPSA) is 100.0 Å².